The fourth-order valence-electron chi connectivity index (χ4n) is 0.575. The molecule has 0 aromatic heterocycles. The normalized spacial score (nSPS) is 12.1. The first kappa shape index (κ1) is 8.09. The molecule has 0 saturated carbocycles. The third-order valence-electron chi connectivity index (χ3n) is 1.00. The highest BCUT2D eigenvalue weighted by Crippen LogP contribution is 2.17. The van der Waals surface area contributed by atoms with Crippen molar-refractivity contribution in [2.75, 3.05) is 5.75 Å². The Labute approximate surface area is 56.4 Å². The smallest absolute Gasteiger partial charge is 0.00518 e. The van der Waals surface area contributed by atoms with Gasteiger partial charge in [-0.2, -0.15) is 0 Å². The average molecular weight is 130 g/mol. The lowest BCUT2D eigenvalue weighted by Gasteiger charge is -1.97. The number of rotatable bonds is 3. The molecule has 0 nitrogen and oxygen atoms in total. The van der Waals surface area contributed by atoms with E-state index in [1.807, 2.05) is 11.8 Å². The Morgan fingerprint density at radius 2 is 2.12 bits per heavy atom. The van der Waals surface area contributed by atoms with Crippen molar-refractivity contribution < 1.29 is 0 Å². The third kappa shape index (κ3) is 3.14. The highest BCUT2D eigenvalue weighted by molar-refractivity contribution is 8.03. The first-order chi connectivity index (χ1) is 3.85. The molecule has 0 bridgehead atoms. The van der Waals surface area contributed by atoms with E-state index in [0.717, 1.165) is 0 Å². The zero-order valence-electron chi connectivity index (χ0n) is 5.90. The SMILES string of the molecule is C/C=C(/CC)SCC. The zero-order valence-corrected chi connectivity index (χ0v) is 6.72. The van der Waals surface area contributed by atoms with E-state index in [9.17, 15) is 0 Å². The lowest BCUT2D eigenvalue weighted by atomic mass is 10.4. The van der Waals surface area contributed by atoms with Crippen molar-refractivity contribution in [2.24, 2.45) is 0 Å². The molecule has 0 unspecified atom stereocenters. The van der Waals surface area contributed by atoms with Gasteiger partial charge in [0.05, 0.1) is 0 Å². The fourth-order valence-corrected chi connectivity index (χ4v) is 1.32. The Bertz CT molecular complexity index is 74.5. The molecule has 0 fully saturated rings. The van der Waals surface area contributed by atoms with Gasteiger partial charge >= 0.3 is 0 Å². The summed E-state index contributed by atoms with van der Waals surface area (Å²) in [6, 6.07) is 0. The maximum absolute atomic E-state index is 2.19. The van der Waals surface area contributed by atoms with Crippen LogP contribution in [0.25, 0.3) is 0 Å². The van der Waals surface area contributed by atoms with Gasteiger partial charge in [-0.05, 0) is 24.0 Å². The van der Waals surface area contributed by atoms with Gasteiger partial charge in [0.15, 0.2) is 0 Å². The first-order valence-corrected chi connectivity index (χ1v) is 4.11. The minimum Gasteiger partial charge on any atom is -0.131 e. The summed E-state index contributed by atoms with van der Waals surface area (Å²) >= 11 is 1.94. The Balaban J connectivity index is 3.38. The van der Waals surface area contributed by atoms with Gasteiger partial charge in [-0.1, -0.05) is 19.9 Å². The average Bonchev–Trinajstić information content (AvgIpc) is 1.83. The molecule has 0 aliphatic heterocycles. The van der Waals surface area contributed by atoms with Crippen molar-refractivity contribution in [3.8, 4) is 0 Å². The Morgan fingerprint density at radius 1 is 1.50 bits per heavy atom. The zero-order chi connectivity index (χ0) is 6.41. The molecule has 0 atom stereocenters. The molecule has 0 rings (SSSR count). The highest BCUT2D eigenvalue weighted by Gasteiger charge is 1.87. The molecule has 0 amide bonds. The number of thioether (sulfide) groups is 1. The van der Waals surface area contributed by atoms with E-state index >= 15 is 0 Å². The summed E-state index contributed by atoms with van der Waals surface area (Å²) < 4.78 is 0. The largest absolute Gasteiger partial charge is 0.131 e. The van der Waals surface area contributed by atoms with E-state index in [-0.39, 0.29) is 0 Å². The molecule has 0 aliphatic carbocycles. The van der Waals surface area contributed by atoms with E-state index in [1.165, 1.54) is 17.1 Å². The van der Waals surface area contributed by atoms with Gasteiger partial charge in [0.1, 0.15) is 0 Å². The summed E-state index contributed by atoms with van der Waals surface area (Å²) in [4.78, 5) is 1.51. The van der Waals surface area contributed by atoms with Crippen molar-refractivity contribution in [3.63, 3.8) is 0 Å². The van der Waals surface area contributed by atoms with Crippen LogP contribution in [-0.4, -0.2) is 5.75 Å². The van der Waals surface area contributed by atoms with Gasteiger partial charge < -0.3 is 0 Å². The molecule has 0 aromatic rings. The van der Waals surface area contributed by atoms with Gasteiger partial charge in [0.2, 0.25) is 0 Å². The van der Waals surface area contributed by atoms with Crippen molar-refractivity contribution in [2.45, 2.75) is 27.2 Å². The molecule has 0 spiro atoms. The van der Waals surface area contributed by atoms with Crippen LogP contribution in [0.5, 0.6) is 0 Å². The number of hydrogen-bond donors (Lipinski definition) is 0. The summed E-state index contributed by atoms with van der Waals surface area (Å²) in [6.45, 7) is 6.48. The van der Waals surface area contributed by atoms with E-state index < -0.39 is 0 Å². The molecule has 0 aromatic carbocycles. The van der Waals surface area contributed by atoms with Crippen LogP contribution < -0.4 is 0 Å². The van der Waals surface area contributed by atoms with E-state index in [2.05, 4.69) is 26.8 Å². The van der Waals surface area contributed by atoms with Crippen LogP contribution in [0.4, 0.5) is 0 Å². The third-order valence-corrected chi connectivity index (χ3v) is 2.18. The van der Waals surface area contributed by atoms with Crippen LogP contribution in [0, 0.1) is 0 Å². The van der Waals surface area contributed by atoms with Gasteiger partial charge in [-0.25, -0.2) is 0 Å². The lowest BCUT2D eigenvalue weighted by molar-refractivity contribution is 1.19. The fraction of sp³-hybridized carbons (Fsp3) is 0.714. The maximum atomic E-state index is 2.19. The molecular weight excluding hydrogens is 116 g/mol. The van der Waals surface area contributed by atoms with Gasteiger partial charge in [-0.15, -0.1) is 11.8 Å². The molecule has 0 saturated heterocycles. The standard InChI is InChI=1S/C7H14S/c1-4-7(5-2)8-6-3/h4H,5-6H2,1-3H3/b7-4-. The molecule has 0 N–H and O–H groups in total. The molecule has 8 heavy (non-hydrogen) atoms. The van der Waals surface area contributed by atoms with Crippen LogP contribution in [-0.2, 0) is 0 Å². The van der Waals surface area contributed by atoms with Crippen molar-refractivity contribution in [3.05, 3.63) is 11.0 Å². The monoisotopic (exact) mass is 130 g/mol. The van der Waals surface area contributed by atoms with Gasteiger partial charge in [-0.3, -0.25) is 0 Å². The Morgan fingerprint density at radius 3 is 2.25 bits per heavy atom. The van der Waals surface area contributed by atoms with Crippen LogP contribution >= 0.6 is 11.8 Å². The van der Waals surface area contributed by atoms with Crippen LogP contribution in [0.15, 0.2) is 11.0 Å². The molecule has 0 radical (unpaired) electrons. The highest BCUT2D eigenvalue weighted by atomic mass is 32.2. The second-order valence-corrected chi connectivity index (χ2v) is 2.93. The van der Waals surface area contributed by atoms with Crippen LogP contribution in [0.1, 0.15) is 27.2 Å². The number of hydrogen-bond acceptors (Lipinski definition) is 1. The van der Waals surface area contributed by atoms with Crippen LogP contribution in [0.3, 0.4) is 0 Å². The van der Waals surface area contributed by atoms with Crippen molar-refractivity contribution in [1.29, 1.82) is 0 Å². The Kier molecular flexibility index (Phi) is 5.29. The van der Waals surface area contributed by atoms with Crippen molar-refractivity contribution >= 4 is 11.8 Å². The lowest BCUT2D eigenvalue weighted by Crippen LogP contribution is -1.72. The van der Waals surface area contributed by atoms with Crippen LogP contribution in [0.2, 0.25) is 0 Å². The van der Waals surface area contributed by atoms with E-state index in [0.29, 0.717) is 0 Å². The van der Waals surface area contributed by atoms with Gasteiger partial charge in [0.25, 0.3) is 0 Å². The quantitative estimate of drug-likeness (QED) is 0.566. The molecule has 0 aliphatic rings. The summed E-state index contributed by atoms with van der Waals surface area (Å²) in [5.41, 5.74) is 0. The second-order valence-electron chi connectivity index (χ2n) is 1.54. The summed E-state index contributed by atoms with van der Waals surface area (Å²) in [5, 5.41) is 0. The first-order valence-electron chi connectivity index (χ1n) is 3.13. The van der Waals surface area contributed by atoms with Gasteiger partial charge in [0, 0.05) is 0 Å². The topological polar surface area (TPSA) is 0 Å². The van der Waals surface area contributed by atoms with Crippen molar-refractivity contribution in [1.82, 2.24) is 0 Å². The minimum absolute atomic E-state index is 1.19. The maximum Gasteiger partial charge on any atom is -0.00518 e. The van der Waals surface area contributed by atoms with E-state index in [4.69, 9.17) is 0 Å². The molecule has 0 heterocycles. The second kappa shape index (κ2) is 5.23. The summed E-state index contributed by atoms with van der Waals surface area (Å²) in [5.74, 6) is 1.20. The predicted octanol–water partition coefficient (Wildman–Crippen LogP) is 3.05. The Hall–Kier alpha value is 0.0900. The van der Waals surface area contributed by atoms with E-state index in [1.54, 1.807) is 0 Å². The summed E-state index contributed by atoms with van der Waals surface area (Å²) in [6.07, 6.45) is 3.38. The minimum atomic E-state index is 1.19. The molecule has 48 valence electrons. The number of allylic oxidation sites excluding steroid dienone is 2. The molecule has 1 heteroatoms. The predicted molar refractivity (Wildman–Crippen MR) is 42.2 cm³/mol. The summed E-state index contributed by atoms with van der Waals surface area (Å²) in [7, 11) is 0. The molecular formula is C7H14S.